The van der Waals surface area contributed by atoms with E-state index < -0.39 is 18.1 Å². The van der Waals surface area contributed by atoms with Gasteiger partial charge in [0.05, 0.1) is 33.8 Å². The van der Waals surface area contributed by atoms with E-state index >= 15 is 0 Å². The van der Waals surface area contributed by atoms with Crippen molar-refractivity contribution in [2.75, 3.05) is 62.5 Å². The number of H-pyrrole nitrogens is 2. The number of anilines is 4. The van der Waals surface area contributed by atoms with Crippen molar-refractivity contribution in [3.05, 3.63) is 167 Å². The third-order valence-corrected chi connectivity index (χ3v) is 15.8. The summed E-state index contributed by atoms with van der Waals surface area (Å²) in [5, 5.41) is 19.7. The SMILES string of the molecule is CN(C)C/C=C/C(=O)Nc1ccc(CN(C(=O)OC(C)(C)C)[C@H]2CCC[C@@H](Nc3ncc(Cl)c(-c4c[nH]c5ccccc45)n3)C2)cc1.CN(C)C/C=C/C(=O)Nc1ccc(CN[C@H]2CCC[C@@H](Nc3ncc(Cl)c(-c4c[nH]c5ccccc45)n3)C2)cc1.O=CC(F)(F)F.[2H]CC. The van der Waals surface area contributed by atoms with E-state index in [2.05, 4.69) is 64.7 Å². The molecule has 7 N–H and O–H groups in total. The van der Waals surface area contributed by atoms with Gasteiger partial charge < -0.3 is 56.0 Å². The lowest BCUT2D eigenvalue weighted by Gasteiger charge is -2.38. The van der Waals surface area contributed by atoms with E-state index in [1.54, 1.807) is 25.4 Å². The van der Waals surface area contributed by atoms with Crippen LogP contribution in [0.25, 0.3) is 44.3 Å². The summed E-state index contributed by atoms with van der Waals surface area (Å²) in [6.45, 7) is 10.5. The van der Waals surface area contributed by atoms with Gasteiger partial charge in [-0.3, -0.25) is 14.4 Å². The lowest BCUT2D eigenvalue weighted by Crippen LogP contribution is -2.46. The highest BCUT2D eigenvalue weighted by Crippen LogP contribution is 2.36. The van der Waals surface area contributed by atoms with Gasteiger partial charge >= 0.3 is 12.3 Å². The van der Waals surface area contributed by atoms with Gasteiger partial charge in [-0.15, -0.1) is 0 Å². The number of amides is 3. The number of likely N-dealkylation sites (N-methyl/N-ethyl adjacent to an activating group) is 2. The van der Waals surface area contributed by atoms with Crippen LogP contribution in [0.15, 0.2) is 146 Å². The Labute approximate surface area is 565 Å². The Morgan fingerprint density at radius 3 is 1.57 bits per heavy atom. The highest BCUT2D eigenvalue weighted by Gasteiger charge is 2.33. The van der Waals surface area contributed by atoms with E-state index in [0.717, 1.165) is 108 Å². The second-order valence-corrected chi connectivity index (χ2v) is 25.3. The lowest BCUT2D eigenvalue weighted by molar-refractivity contribution is -0.156. The van der Waals surface area contributed by atoms with Crippen LogP contribution >= 0.6 is 23.2 Å². The molecule has 4 aromatic heterocycles. The number of hydrogen-bond acceptors (Lipinski definition) is 14. The number of aromatic nitrogens is 6. The highest BCUT2D eigenvalue weighted by atomic mass is 35.5. The van der Waals surface area contributed by atoms with Crippen molar-refractivity contribution in [3.63, 3.8) is 0 Å². The second kappa shape index (κ2) is 35.7. The number of ether oxygens (including phenoxy) is 1. The molecule has 506 valence electrons. The third-order valence-electron chi connectivity index (χ3n) is 15.2. The first-order valence-corrected chi connectivity index (χ1v) is 32.3. The summed E-state index contributed by atoms with van der Waals surface area (Å²) in [7, 11) is 7.83. The highest BCUT2D eigenvalue weighted by molar-refractivity contribution is 6.33. The molecule has 0 saturated heterocycles. The molecule has 10 rings (SSSR count). The van der Waals surface area contributed by atoms with Crippen LogP contribution in [0.2, 0.25) is 10.0 Å². The third kappa shape index (κ3) is 23.6. The molecule has 4 heterocycles. The van der Waals surface area contributed by atoms with Crippen LogP contribution in [-0.2, 0) is 32.2 Å². The predicted molar refractivity (Wildman–Crippen MR) is 376 cm³/mol. The van der Waals surface area contributed by atoms with E-state index in [1.165, 1.54) is 11.6 Å². The minimum Gasteiger partial charge on any atom is -0.444 e. The second-order valence-electron chi connectivity index (χ2n) is 24.5. The smallest absolute Gasteiger partial charge is 0.444 e. The minimum absolute atomic E-state index is 0.0498. The maximum Gasteiger partial charge on any atom is 0.446 e. The summed E-state index contributed by atoms with van der Waals surface area (Å²) in [4.78, 5) is 77.6. The van der Waals surface area contributed by atoms with Gasteiger partial charge in [0.1, 0.15) is 5.60 Å². The summed E-state index contributed by atoms with van der Waals surface area (Å²) < 4.78 is 43.3. The van der Waals surface area contributed by atoms with E-state index in [9.17, 15) is 27.6 Å². The number of aromatic amines is 2. The Kier molecular flexibility index (Phi) is 27.1. The molecular weight excluding hydrogens is 1260 g/mol. The molecule has 2 saturated carbocycles. The molecule has 0 bridgehead atoms. The topological polar surface area (TPSA) is 231 Å². The summed E-state index contributed by atoms with van der Waals surface area (Å²) in [6, 6.07) is 32.4. The first-order valence-electron chi connectivity index (χ1n) is 32.3. The molecule has 0 spiro atoms. The number of rotatable bonds is 20. The molecule has 2 aliphatic rings. The van der Waals surface area contributed by atoms with Crippen LogP contribution in [0.1, 0.15) is 98.5 Å². The molecule has 4 aromatic carbocycles. The van der Waals surface area contributed by atoms with Gasteiger partial charge in [-0.05, 0) is 148 Å². The van der Waals surface area contributed by atoms with Gasteiger partial charge in [-0.2, -0.15) is 13.2 Å². The van der Waals surface area contributed by atoms with E-state index in [-0.39, 0.29) is 36.0 Å². The number of nitrogens with one attached hydrogen (secondary N) is 7. The van der Waals surface area contributed by atoms with E-state index in [1.807, 2.05) is 167 Å². The fourth-order valence-corrected chi connectivity index (χ4v) is 11.3. The molecule has 24 heteroatoms. The van der Waals surface area contributed by atoms with Crippen LogP contribution in [0, 0.1) is 0 Å². The lowest BCUT2D eigenvalue weighted by atomic mass is 9.90. The molecule has 95 heavy (non-hydrogen) atoms. The number of carbonyl (C=O) groups is 4. The van der Waals surface area contributed by atoms with Crippen molar-refractivity contribution in [1.82, 2.24) is 49.9 Å². The van der Waals surface area contributed by atoms with E-state index in [0.29, 0.717) is 65.8 Å². The molecular formula is C71H87Cl2F3N14O5. The molecule has 2 aliphatic carbocycles. The van der Waals surface area contributed by atoms with Gasteiger partial charge in [0.15, 0.2) is 0 Å². The first-order chi connectivity index (χ1) is 45.9. The van der Waals surface area contributed by atoms with Crippen molar-refractivity contribution in [2.45, 2.75) is 135 Å². The number of alkyl halides is 3. The van der Waals surface area contributed by atoms with Crippen molar-refractivity contribution in [1.29, 1.82) is 0 Å². The average molecular weight is 1350 g/mol. The van der Waals surface area contributed by atoms with Crippen molar-refractivity contribution in [2.24, 2.45) is 0 Å². The Hall–Kier alpha value is -8.67. The van der Waals surface area contributed by atoms with Crippen LogP contribution in [0.5, 0.6) is 0 Å². The quantitative estimate of drug-likeness (QED) is 0.0278. The molecule has 2 fully saturated rings. The molecule has 19 nitrogen and oxygen atoms in total. The van der Waals surface area contributed by atoms with Gasteiger partial charge in [0.2, 0.25) is 30.0 Å². The zero-order valence-corrected chi connectivity index (χ0v) is 56.5. The Morgan fingerprint density at radius 2 is 1.11 bits per heavy atom. The standard InChI is InChI=1S/C36H44ClN7O3.C31H36ClN7O.C2HF3O.C2H6/c1-36(2,3)47-35(46)44(23-24-15-17-25(18-16-24)40-32(45)14-9-19-43(4)5)27-11-8-10-26(20-27)41-34-39-22-30(37)33(42-34)29-21-38-31-13-7-6-12-28(29)31;1-39(2)16-6-11-29(40)36-22-14-12-21(13-15-22)18-33-23-7-5-8-24(17-23)37-31-35-20-27(32)30(38-31)26-19-34-28-10-4-3-9-25(26)28;3-2(4,5)1-6;1-2/h6-7,9,12-18,21-22,26-27,38H,8,10-11,19-20,23H2,1-5H3,(H,40,45)(H,39,41,42);3-4,6,9-15,19-20,23-24,33-34H,5,7-8,16-18H2,1-2H3,(H,36,40)(H,35,37,38);1H;1-2H3/b14-9+;11-6+;;/t26-,27+;23-,24+;;/m10../s1/i;;;1D. The maximum absolute atomic E-state index is 13.6. The van der Waals surface area contributed by atoms with Gasteiger partial charge in [0, 0.05) is 121 Å². The predicted octanol–water partition coefficient (Wildman–Crippen LogP) is 15.1. The number of aldehydes is 1. The fraction of sp³-hybridized carbons (Fsp3) is 0.380. The Bertz CT molecular complexity index is 3860. The van der Waals surface area contributed by atoms with Gasteiger partial charge in [-0.1, -0.05) is 110 Å². The minimum atomic E-state index is -4.64. The number of benzene rings is 4. The summed E-state index contributed by atoms with van der Waals surface area (Å²) in [6.07, 6.45) is 15.6. The fourth-order valence-electron chi connectivity index (χ4n) is 10.9. The summed E-state index contributed by atoms with van der Waals surface area (Å²) in [5.41, 5.74) is 8.31. The normalized spacial score (nSPS) is 16.6. The zero-order chi connectivity index (χ0) is 69.4. The number of nitrogens with zero attached hydrogens (tertiary/aromatic N) is 7. The largest absolute Gasteiger partial charge is 0.446 e. The molecule has 0 aliphatic heterocycles. The average Bonchev–Trinajstić information content (AvgIpc) is 1.57. The van der Waals surface area contributed by atoms with Crippen molar-refractivity contribution in [3.8, 4) is 22.5 Å². The van der Waals surface area contributed by atoms with Crippen LogP contribution in [0.4, 0.5) is 41.2 Å². The van der Waals surface area contributed by atoms with Crippen LogP contribution in [0.3, 0.4) is 0 Å². The van der Waals surface area contributed by atoms with Crippen LogP contribution in [-0.4, -0.2) is 146 Å². The maximum atomic E-state index is 13.6. The number of carbonyl (C=O) groups excluding carboxylic acids is 4. The number of para-hydroxylation sites is 2. The summed E-state index contributed by atoms with van der Waals surface area (Å²) in [5.74, 6) is 0.795. The molecule has 0 unspecified atom stereocenters. The number of fused-ring (bicyclic) bond motifs is 2. The van der Waals surface area contributed by atoms with Gasteiger partial charge in [0.25, 0.3) is 0 Å². The molecule has 8 aromatic rings. The summed E-state index contributed by atoms with van der Waals surface area (Å²) >= 11 is 13.1. The number of halogens is 5. The monoisotopic (exact) mass is 1340 g/mol. The van der Waals surface area contributed by atoms with Crippen molar-refractivity contribution >= 4 is 92.5 Å². The molecule has 0 radical (unpaired) electrons. The molecule has 4 atom stereocenters. The van der Waals surface area contributed by atoms with Gasteiger partial charge in [-0.25, -0.2) is 24.7 Å². The Morgan fingerprint density at radius 1 is 0.663 bits per heavy atom. The van der Waals surface area contributed by atoms with E-state index in [4.69, 9.17) is 44.1 Å². The number of hydrogen-bond donors (Lipinski definition) is 7. The van der Waals surface area contributed by atoms with Crippen LogP contribution < -0.4 is 26.6 Å². The molecule has 3 amide bonds. The first kappa shape index (κ1) is 72.2. The van der Waals surface area contributed by atoms with Crippen molar-refractivity contribution < 1.29 is 38.5 Å². The zero-order valence-electron chi connectivity index (χ0n) is 56.0. The Balaban J connectivity index is 0.000000243.